The van der Waals surface area contributed by atoms with E-state index in [0.29, 0.717) is 0 Å². The number of nitrogens with zero attached hydrogens (tertiary/aromatic N) is 1. The first-order valence-corrected chi connectivity index (χ1v) is 7.50. The quantitative estimate of drug-likeness (QED) is 0.860. The molecule has 22 heavy (non-hydrogen) atoms. The van der Waals surface area contributed by atoms with Crippen LogP contribution in [0, 0.1) is 0 Å². The zero-order valence-corrected chi connectivity index (χ0v) is 14.7. The van der Waals surface area contributed by atoms with Gasteiger partial charge in [-0.25, -0.2) is 0 Å². The molecule has 2 unspecified atom stereocenters. The van der Waals surface area contributed by atoms with Crippen LogP contribution in [0.4, 0.5) is 0 Å². The molecule has 3 N–H and O–H groups in total. The molecule has 1 aliphatic heterocycles. The number of carbonyl (C=O) groups excluding carboxylic acids is 1. The molecule has 1 heterocycles. The van der Waals surface area contributed by atoms with Crippen LogP contribution in [0.15, 0.2) is 30.3 Å². The molecule has 4 nitrogen and oxygen atoms in total. The number of nitrogens with two attached hydrogens (primary N) is 1. The number of nitrogens with one attached hydrogen (secondary N) is 1. The number of amides is 1. The van der Waals surface area contributed by atoms with Crippen LogP contribution in [0.25, 0.3) is 0 Å². The summed E-state index contributed by atoms with van der Waals surface area (Å²) in [5.74, 6) is -0.0966. The zero-order valence-electron chi connectivity index (χ0n) is 13.0. The Morgan fingerprint density at radius 3 is 2.36 bits per heavy atom. The monoisotopic (exact) mass is 347 g/mol. The molecule has 1 aromatic rings. The van der Waals surface area contributed by atoms with E-state index in [1.807, 2.05) is 37.3 Å². The van der Waals surface area contributed by atoms with Crippen LogP contribution in [-0.4, -0.2) is 36.5 Å². The lowest BCUT2D eigenvalue weighted by Gasteiger charge is -2.29. The van der Waals surface area contributed by atoms with Crippen molar-refractivity contribution in [3.63, 3.8) is 0 Å². The molecule has 1 fully saturated rings. The van der Waals surface area contributed by atoms with Crippen molar-refractivity contribution in [2.24, 2.45) is 5.73 Å². The molecule has 1 saturated heterocycles. The van der Waals surface area contributed by atoms with Crippen molar-refractivity contribution in [3.8, 4) is 0 Å². The van der Waals surface area contributed by atoms with E-state index in [-0.39, 0.29) is 36.8 Å². The average Bonchev–Trinajstić information content (AvgIpc) is 2.48. The number of hydrogen-bond donors (Lipinski definition) is 2. The van der Waals surface area contributed by atoms with Crippen LogP contribution in [0.3, 0.4) is 0 Å². The van der Waals surface area contributed by atoms with Crippen LogP contribution >= 0.6 is 24.8 Å². The molecular formula is C16H27Cl2N3O. The van der Waals surface area contributed by atoms with E-state index in [4.69, 9.17) is 5.73 Å². The minimum atomic E-state index is -0.583. The maximum Gasteiger partial charge on any atom is 0.241 e. The topological polar surface area (TPSA) is 58.4 Å². The van der Waals surface area contributed by atoms with Crippen molar-refractivity contribution in [2.45, 2.75) is 38.3 Å². The summed E-state index contributed by atoms with van der Waals surface area (Å²) >= 11 is 0. The summed E-state index contributed by atoms with van der Waals surface area (Å²) in [7, 11) is 0. The highest BCUT2D eigenvalue weighted by atomic mass is 35.5. The van der Waals surface area contributed by atoms with Gasteiger partial charge in [0.05, 0.1) is 0 Å². The van der Waals surface area contributed by atoms with Gasteiger partial charge in [-0.2, -0.15) is 0 Å². The maximum atomic E-state index is 12.1. The molecule has 126 valence electrons. The second-order valence-corrected chi connectivity index (χ2v) is 5.66. The Morgan fingerprint density at radius 1 is 1.18 bits per heavy atom. The smallest absolute Gasteiger partial charge is 0.241 e. The number of carbonyl (C=O) groups is 1. The van der Waals surface area contributed by atoms with Gasteiger partial charge in [-0.3, -0.25) is 4.79 Å². The molecule has 0 radical (unpaired) electrons. The largest absolute Gasteiger partial charge is 0.351 e. The van der Waals surface area contributed by atoms with E-state index in [1.165, 1.54) is 19.3 Å². The highest BCUT2D eigenvalue weighted by Crippen LogP contribution is 2.11. The number of likely N-dealkylation sites (tertiary alicyclic amines) is 1. The summed E-state index contributed by atoms with van der Waals surface area (Å²) in [6, 6.07) is 9.06. The van der Waals surface area contributed by atoms with Crippen molar-refractivity contribution in [1.29, 1.82) is 0 Å². The van der Waals surface area contributed by atoms with Crippen LogP contribution < -0.4 is 11.1 Å². The van der Waals surface area contributed by atoms with E-state index in [1.54, 1.807) is 0 Å². The molecule has 0 aromatic heterocycles. The number of halogens is 2. The molecule has 1 aromatic carbocycles. The summed E-state index contributed by atoms with van der Waals surface area (Å²) in [5, 5.41) is 3.02. The van der Waals surface area contributed by atoms with Crippen LogP contribution in [0.2, 0.25) is 0 Å². The van der Waals surface area contributed by atoms with Crippen molar-refractivity contribution >= 4 is 30.7 Å². The van der Waals surface area contributed by atoms with Gasteiger partial charge in [0.2, 0.25) is 5.91 Å². The van der Waals surface area contributed by atoms with Gasteiger partial charge >= 0.3 is 0 Å². The molecule has 2 rings (SSSR count). The zero-order chi connectivity index (χ0) is 14.4. The molecule has 1 aliphatic rings. The molecule has 1 amide bonds. The summed E-state index contributed by atoms with van der Waals surface area (Å²) in [6.07, 6.45) is 3.87. The molecule has 0 saturated carbocycles. The molecule has 6 heteroatoms. The van der Waals surface area contributed by atoms with Gasteiger partial charge in [0.15, 0.2) is 0 Å². The van der Waals surface area contributed by atoms with Gasteiger partial charge in [0, 0.05) is 12.6 Å². The van der Waals surface area contributed by atoms with Crippen molar-refractivity contribution in [2.75, 3.05) is 19.6 Å². The fourth-order valence-electron chi connectivity index (χ4n) is 2.72. The Kier molecular flexibility index (Phi) is 10.4. The fraction of sp³-hybridized carbons (Fsp3) is 0.562. The summed E-state index contributed by atoms with van der Waals surface area (Å²) in [5.41, 5.74) is 6.85. The molecule has 0 spiro atoms. The lowest BCUT2D eigenvalue weighted by atomic mass is 10.1. The van der Waals surface area contributed by atoms with E-state index in [9.17, 15) is 4.79 Å². The van der Waals surface area contributed by atoms with Crippen LogP contribution in [-0.2, 0) is 4.79 Å². The van der Waals surface area contributed by atoms with Crippen LogP contribution in [0.5, 0.6) is 0 Å². The minimum Gasteiger partial charge on any atom is -0.351 e. The van der Waals surface area contributed by atoms with E-state index < -0.39 is 6.04 Å². The molecule has 0 bridgehead atoms. The van der Waals surface area contributed by atoms with Gasteiger partial charge in [-0.1, -0.05) is 36.8 Å². The number of rotatable bonds is 5. The van der Waals surface area contributed by atoms with Crippen molar-refractivity contribution in [3.05, 3.63) is 35.9 Å². The van der Waals surface area contributed by atoms with Gasteiger partial charge in [0.1, 0.15) is 6.04 Å². The SMILES string of the molecule is CC(CN1CCCCC1)NC(=O)C(N)c1ccccc1.Cl.Cl. The van der Waals surface area contributed by atoms with Gasteiger partial charge in [-0.15, -0.1) is 24.8 Å². The summed E-state index contributed by atoms with van der Waals surface area (Å²) in [4.78, 5) is 14.6. The lowest BCUT2D eigenvalue weighted by molar-refractivity contribution is -0.123. The Hall–Kier alpha value is -0.810. The lowest BCUT2D eigenvalue weighted by Crippen LogP contribution is -2.46. The predicted molar refractivity (Wildman–Crippen MR) is 95.8 cm³/mol. The predicted octanol–water partition coefficient (Wildman–Crippen LogP) is 2.52. The maximum absolute atomic E-state index is 12.1. The Labute approximate surface area is 145 Å². The first kappa shape index (κ1) is 21.2. The van der Waals surface area contributed by atoms with Gasteiger partial charge in [-0.05, 0) is 38.4 Å². The highest BCUT2D eigenvalue weighted by Gasteiger charge is 2.19. The Balaban J connectivity index is 0.00000220. The third-order valence-electron chi connectivity index (χ3n) is 3.81. The standard InChI is InChI=1S/C16H25N3O.2ClH/c1-13(12-19-10-6-3-7-11-19)18-16(20)15(17)14-8-4-2-5-9-14;;/h2,4-5,8-9,13,15H,3,6-7,10-12,17H2,1H3,(H,18,20);2*1H. The van der Waals surface area contributed by atoms with Crippen molar-refractivity contribution < 1.29 is 4.79 Å². The van der Waals surface area contributed by atoms with E-state index in [0.717, 1.165) is 25.2 Å². The Morgan fingerprint density at radius 2 is 1.77 bits per heavy atom. The number of hydrogen-bond acceptors (Lipinski definition) is 3. The molecule has 0 aliphatic carbocycles. The fourth-order valence-corrected chi connectivity index (χ4v) is 2.72. The van der Waals surface area contributed by atoms with Gasteiger partial charge < -0.3 is 16.0 Å². The highest BCUT2D eigenvalue weighted by molar-refractivity contribution is 5.85. The number of piperidine rings is 1. The minimum absolute atomic E-state index is 0. The summed E-state index contributed by atoms with van der Waals surface area (Å²) in [6.45, 7) is 5.24. The third-order valence-corrected chi connectivity index (χ3v) is 3.81. The molecular weight excluding hydrogens is 321 g/mol. The molecule has 2 atom stereocenters. The van der Waals surface area contributed by atoms with E-state index in [2.05, 4.69) is 10.2 Å². The third kappa shape index (κ3) is 6.53. The normalized spacial score (nSPS) is 17.5. The average molecular weight is 348 g/mol. The second kappa shape index (κ2) is 10.8. The summed E-state index contributed by atoms with van der Waals surface area (Å²) < 4.78 is 0. The van der Waals surface area contributed by atoms with Crippen molar-refractivity contribution in [1.82, 2.24) is 10.2 Å². The second-order valence-electron chi connectivity index (χ2n) is 5.66. The first-order chi connectivity index (χ1) is 9.66. The number of benzene rings is 1. The van der Waals surface area contributed by atoms with Crippen LogP contribution in [0.1, 0.15) is 37.8 Å². The Bertz CT molecular complexity index is 425. The van der Waals surface area contributed by atoms with E-state index >= 15 is 0 Å². The first-order valence-electron chi connectivity index (χ1n) is 7.50. The van der Waals surface area contributed by atoms with Gasteiger partial charge in [0.25, 0.3) is 0 Å².